The number of nitro benzene ring substituents is 1. The molecule has 200 valence electrons. The van der Waals surface area contributed by atoms with Crippen molar-refractivity contribution < 1.29 is 14.5 Å². The highest BCUT2D eigenvalue weighted by atomic mass is 35.5. The van der Waals surface area contributed by atoms with Crippen LogP contribution in [-0.4, -0.2) is 40.0 Å². The predicted molar refractivity (Wildman–Crippen MR) is 153 cm³/mol. The summed E-state index contributed by atoms with van der Waals surface area (Å²) in [6, 6.07) is 22.6. The standard InChI is InChI=1S/C29H32ClN3O4S/c1-2-3-16-31-29(35)27(18-22-8-5-4-6-9-22)32(19-24-10-7-11-25(30)17-24)28(34)21-38-20-23-12-14-26(15-13-23)33(36)37/h4-15,17,27H,2-3,16,18-21H2,1H3,(H,31,35)/t27-/m1/s1. The van der Waals surface area contributed by atoms with E-state index in [2.05, 4.69) is 12.2 Å². The zero-order chi connectivity index (χ0) is 27.3. The van der Waals surface area contributed by atoms with E-state index in [0.717, 1.165) is 29.5 Å². The molecule has 0 fully saturated rings. The Kier molecular flexibility index (Phi) is 11.6. The van der Waals surface area contributed by atoms with Gasteiger partial charge in [0.25, 0.3) is 5.69 Å². The van der Waals surface area contributed by atoms with Crippen LogP contribution in [-0.2, 0) is 28.3 Å². The highest BCUT2D eigenvalue weighted by Crippen LogP contribution is 2.21. The summed E-state index contributed by atoms with van der Waals surface area (Å²) in [5, 5.41) is 14.5. The number of non-ortho nitro benzene ring substituents is 1. The second-order valence-corrected chi connectivity index (χ2v) is 10.3. The van der Waals surface area contributed by atoms with E-state index < -0.39 is 11.0 Å². The highest BCUT2D eigenvalue weighted by Gasteiger charge is 2.30. The first-order valence-corrected chi connectivity index (χ1v) is 14.1. The van der Waals surface area contributed by atoms with Gasteiger partial charge in [0.15, 0.2) is 0 Å². The zero-order valence-electron chi connectivity index (χ0n) is 21.3. The highest BCUT2D eigenvalue weighted by molar-refractivity contribution is 7.99. The third kappa shape index (κ3) is 9.19. The number of benzene rings is 3. The summed E-state index contributed by atoms with van der Waals surface area (Å²) in [6.07, 6.45) is 2.20. The average Bonchev–Trinajstić information content (AvgIpc) is 2.91. The van der Waals surface area contributed by atoms with Crippen LogP contribution in [0, 0.1) is 10.1 Å². The summed E-state index contributed by atoms with van der Waals surface area (Å²) in [5.41, 5.74) is 2.71. The van der Waals surface area contributed by atoms with E-state index in [1.807, 2.05) is 42.5 Å². The van der Waals surface area contributed by atoms with Crippen molar-refractivity contribution in [3.8, 4) is 0 Å². The van der Waals surface area contributed by atoms with E-state index in [0.29, 0.717) is 23.7 Å². The summed E-state index contributed by atoms with van der Waals surface area (Å²) < 4.78 is 0. The minimum Gasteiger partial charge on any atom is -0.354 e. The molecule has 0 saturated carbocycles. The van der Waals surface area contributed by atoms with Crippen LogP contribution < -0.4 is 5.32 Å². The fourth-order valence-electron chi connectivity index (χ4n) is 3.95. The van der Waals surface area contributed by atoms with Crippen LogP contribution in [0.25, 0.3) is 0 Å². The third-order valence-electron chi connectivity index (χ3n) is 5.98. The van der Waals surface area contributed by atoms with Gasteiger partial charge in [-0.25, -0.2) is 0 Å². The molecule has 1 atom stereocenters. The van der Waals surface area contributed by atoms with Gasteiger partial charge in [-0.1, -0.05) is 79.5 Å². The topological polar surface area (TPSA) is 92.6 Å². The molecule has 0 saturated heterocycles. The number of carbonyl (C=O) groups is 2. The Bertz CT molecular complexity index is 1210. The van der Waals surface area contributed by atoms with Crippen molar-refractivity contribution in [1.82, 2.24) is 10.2 Å². The number of hydrogen-bond donors (Lipinski definition) is 1. The van der Waals surface area contributed by atoms with Crippen molar-refractivity contribution in [3.05, 3.63) is 111 Å². The van der Waals surface area contributed by atoms with Gasteiger partial charge in [0, 0.05) is 42.4 Å². The number of nitrogens with one attached hydrogen (secondary N) is 1. The summed E-state index contributed by atoms with van der Waals surface area (Å²) in [7, 11) is 0. The number of nitrogens with zero attached hydrogens (tertiary/aromatic N) is 2. The summed E-state index contributed by atoms with van der Waals surface area (Å²) in [4.78, 5) is 39.2. The molecule has 0 radical (unpaired) electrons. The molecule has 9 heteroatoms. The van der Waals surface area contributed by atoms with E-state index in [4.69, 9.17) is 11.6 Å². The molecule has 7 nitrogen and oxygen atoms in total. The average molecular weight is 554 g/mol. The molecule has 3 aromatic rings. The van der Waals surface area contributed by atoms with Crippen LogP contribution >= 0.6 is 23.4 Å². The van der Waals surface area contributed by atoms with Gasteiger partial charge in [-0.3, -0.25) is 19.7 Å². The fourth-order valence-corrected chi connectivity index (χ4v) is 5.03. The third-order valence-corrected chi connectivity index (χ3v) is 7.21. The van der Waals surface area contributed by atoms with Gasteiger partial charge >= 0.3 is 0 Å². The number of nitro groups is 1. The molecule has 0 unspecified atom stereocenters. The van der Waals surface area contributed by atoms with Gasteiger partial charge in [-0.2, -0.15) is 0 Å². The number of unbranched alkanes of at least 4 members (excludes halogenated alkanes) is 1. The first kappa shape index (κ1) is 29.2. The van der Waals surface area contributed by atoms with Gasteiger partial charge in [-0.15, -0.1) is 11.8 Å². The van der Waals surface area contributed by atoms with Gasteiger partial charge in [0.2, 0.25) is 11.8 Å². The molecule has 0 heterocycles. The van der Waals surface area contributed by atoms with E-state index in [9.17, 15) is 19.7 Å². The Labute approximate surface area is 232 Å². The quantitative estimate of drug-likeness (QED) is 0.149. The van der Waals surface area contributed by atoms with Crippen molar-refractivity contribution in [2.24, 2.45) is 0 Å². The lowest BCUT2D eigenvalue weighted by Crippen LogP contribution is -2.51. The largest absolute Gasteiger partial charge is 0.354 e. The second kappa shape index (κ2) is 15.1. The Morgan fingerprint density at radius 3 is 2.37 bits per heavy atom. The molecule has 0 aromatic heterocycles. The van der Waals surface area contributed by atoms with E-state index >= 15 is 0 Å². The van der Waals surface area contributed by atoms with E-state index in [1.54, 1.807) is 29.2 Å². The van der Waals surface area contributed by atoms with E-state index in [1.165, 1.54) is 23.9 Å². The number of rotatable bonds is 14. The number of amides is 2. The Hall–Kier alpha value is -3.36. The lowest BCUT2D eigenvalue weighted by atomic mass is 10.0. The summed E-state index contributed by atoms with van der Waals surface area (Å²) >= 11 is 7.63. The number of thioether (sulfide) groups is 1. The first-order valence-electron chi connectivity index (χ1n) is 12.5. The molecule has 38 heavy (non-hydrogen) atoms. The van der Waals surface area contributed by atoms with Crippen molar-refractivity contribution in [2.45, 2.75) is 44.5 Å². The monoisotopic (exact) mass is 553 g/mol. The van der Waals surface area contributed by atoms with Gasteiger partial charge in [0.1, 0.15) is 6.04 Å². The van der Waals surface area contributed by atoms with Crippen molar-refractivity contribution in [2.75, 3.05) is 12.3 Å². The van der Waals surface area contributed by atoms with Crippen molar-refractivity contribution in [1.29, 1.82) is 0 Å². The van der Waals surface area contributed by atoms with Crippen molar-refractivity contribution >= 4 is 40.9 Å². The second-order valence-electron chi connectivity index (χ2n) is 8.92. The number of carbonyl (C=O) groups excluding carboxylic acids is 2. The molecule has 0 aliphatic heterocycles. The Morgan fingerprint density at radius 2 is 1.71 bits per heavy atom. The van der Waals surface area contributed by atoms with Crippen LogP contribution in [0.5, 0.6) is 0 Å². The minimum absolute atomic E-state index is 0.0281. The van der Waals surface area contributed by atoms with Crippen LogP contribution in [0.1, 0.15) is 36.5 Å². The smallest absolute Gasteiger partial charge is 0.269 e. The molecular weight excluding hydrogens is 522 g/mol. The summed E-state index contributed by atoms with van der Waals surface area (Å²) in [5.74, 6) is 0.327. The SMILES string of the molecule is CCCCNC(=O)[C@@H](Cc1ccccc1)N(Cc1cccc(Cl)c1)C(=O)CSCc1ccc([N+](=O)[O-])cc1. The molecular formula is C29H32ClN3O4S. The van der Waals surface area contributed by atoms with Crippen LogP contribution in [0.2, 0.25) is 5.02 Å². The van der Waals surface area contributed by atoms with Gasteiger partial charge in [0.05, 0.1) is 10.7 Å². The molecule has 3 rings (SSSR count). The van der Waals surface area contributed by atoms with Gasteiger partial charge in [-0.05, 0) is 35.2 Å². The maximum absolute atomic E-state index is 13.6. The Morgan fingerprint density at radius 1 is 1.00 bits per heavy atom. The van der Waals surface area contributed by atoms with Gasteiger partial charge < -0.3 is 10.2 Å². The molecule has 0 aliphatic carbocycles. The summed E-state index contributed by atoms with van der Waals surface area (Å²) in [6.45, 7) is 2.86. The van der Waals surface area contributed by atoms with Crippen LogP contribution in [0.3, 0.4) is 0 Å². The predicted octanol–water partition coefficient (Wildman–Crippen LogP) is 6.04. The first-order chi connectivity index (χ1) is 18.4. The normalized spacial score (nSPS) is 11.5. The fraction of sp³-hybridized carbons (Fsp3) is 0.310. The molecule has 2 amide bonds. The molecule has 0 aliphatic rings. The zero-order valence-corrected chi connectivity index (χ0v) is 22.9. The lowest BCUT2D eigenvalue weighted by molar-refractivity contribution is -0.384. The van der Waals surface area contributed by atoms with Crippen molar-refractivity contribution in [3.63, 3.8) is 0 Å². The molecule has 3 aromatic carbocycles. The molecule has 0 bridgehead atoms. The lowest BCUT2D eigenvalue weighted by Gasteiger charge is -2.31. The molecule has 0 spiro atoms. The maximum Gasteiger partial charge on any atom is 0.269 e. The molecule has 1 N–H and O–H groups in total. The van der Waals surface area contributed by atoms with E-state index in [-0.39, 0.29) is 29.8 Å². The maximum atomic E-state index is 13.6. The van der Waals surface area contributed by atoms with Crippen LogP contribution in [0.15, 0.2) is 78.9 Å². The minimum atomic E-state index is -0.694. The van der Waals surface area contributed by atoms with Crippen LogP contribution in [0.4, 0.5) is 5.69 Å². The Balaban J connectivity index is 1.80. The number of halogens is 1. The number of hydrogen-bond acceptors (Lipinski definition) is 5.